The number of hydrogen-bond acceptors (Lipinski definition) is 7. The van der Waals surface area contributed by atoms with Gasteiger partial charge in [-0.3, -0.25) is 14.9 Å². The van der Waals surface area contributed by atoms with Gasteiger partial charge < -0.3 is 14.8 Å². The van der Waals surface area contributed by atoms with Crippen LogP contribution in [0.25, 0.3) is 0 Å². The number of benzene rings is 2. The Morgan fingerprint density at radius 2 is 1.93 bits per heavy atom. The minimum atomic E-state index is -0.579. The minimum absolute atomic E-state index is 0.0743. The van der Waals surface area contributed by atoms with Crippen LogP contribution in [0.2, 0.25) is 5.02 Å². The number of carbonyl (C=O) groups excluding carboxylic acids is 1. The predicted octanol–water partition coefficient (Wildman–Crippen LogP) is 2.83. The molecular formula is C17H17ClN4O5. The highest BCUT2D eigenvalue weighted by Gasteiger charge is 2.18. The molecule has 27 heavy (non-hydrogen) atoms. The van der Waals surface area contributed by atoms with Crippen LogP contribution in [-0.4, -0.2) is 37.8 Å². The molecule has 0 aliphatic carbocycles. The standard InChI is InChI=1S/C17H17ClN4O5/c1-26-15-7-11(14(22(24)25)8-16(15)27-2)9-20-21-17(23)10-19-13-6-4-3-5-12(13)18/h3-9,19H,10H2,1-2H3,(H,21,23). The van der Waals surface area contributed by atoms with E-state index in [1.165, 1.54) is 26.4 Å². The van der Waals surface area contributed by atoms with E-state index in [4.69, 9.17) is 21.1 Å². The number of nitro benzene ring substituents is 1. The largest absolute Gasteiger partial charge is 0.493 e. The molecule has 0 fully saturated rings. The fraction of sp³-hybridized carbons (Fsp3) is 0.176. The molecule has 2 aromatic rings. The van der Waals surface area contributed by atoms with Crippen molar-refractivity contribution in [3.8, 4) is 11.5 Å². The second kappa shape index (κ2) is 9.39. The van der Waals surface area contributed by atoms with Crippen LogP contribution in [0, 0.1) is 10.1 Å². The van der Waals surface area contributed by atoms with Crippen LogP contribution in [0.4, 0.5) is 11.4 Å². The van der Waals surface area contributed by atoms with Crippen molar-refractivity contribution in [2.45, 2.75) is 0 Å². The van der Waals surface area contributed by atoms with Crippen molar-refractivity contribution in [1.29, 1.82) is 0 Å². The lowest BCUT2D eigenvalue weighted by Gasteiger charge is -2.08. The SMILES string of the molecule is COc1cc(C=NNC(=O)CNc2ccccc2Cl)c([N+](=O)[O-])cc1OC. The van der Waals surface area contributed by atoms with Gasteiger partial charge in [-0.1, -0.05) is 23.7 Å². The lowest BCUT2D eigenvalue weighted by molar-refractivity contribution is -0.385. The molecule has 0 bridgehead atoms. The molecule has 2 N–H and O–H groups in total. The van der Waals surface area contributed by atoms with Gasteiger partial charge in [0, 0.05) is 0 Å². The molecule has 1 amide bonds. The van der Waals surface area contributed by atoms with Gasteiger partial charge in [0.1, 0.15) is 0 Å². The Morgan fingerprint density at radius 1 is 1.26 bits per heavy atom. The van der Waals surface area contributed by atoms with Crippen molar-refractivity contribution in [2.24, 2.45) is 5.10 Å². The summed E-state index contributed by atoms with van der Waals surface area (Å²) in [6.07, 6.45) is 1.16. The van der Waals surface area contributed by atoms with Gasteiger partial charge in [0.25, 0.3) is 11.6 Å². The van der Waals surface area contributed by atoms with Crippen molar-refractivity contribution in [1.82, 2.24) is 5.43 Å². The van der Waals surface area contributed by atoms with E-state index >= 15 is 0 Å². The van der Waals surface area contributed by atoms with E-state index in [1.54, 1.807) is 24.3 Å². The molecule has 0 radical (unpaired) electrons. The van der Waals surface area contributed by atoms with Gasteiger partial charge in [-0.05, 0) is 18.2 Å². The molecule has 2 aromatic carbocycles. The summed E-state index contributed by atoms with van der Waals surface area (Å²) in [5.74, 6) is 0.0693. The molecule has 0 atom stereocenters. The molecule has 142 valence electrons. The maximum absolute atomic E-state index is 11.9. The molecule has 9 nitrogen and oxygen atoms in total. The van der Waals surface area contributed by atoms with Crippen molar-refractivity contribution >= 4 is 35.1 Å². The van der Waals surface area contributed by atoms with E-state index in [1.807, 2.05) is 0 Å². The van der Waals surface area contributed by atoms with E-state index in [0.717, 1.165) is 6.21 Å². The van der Waals surface area contributed by atoms with E-state index in [2.05, 4.69) is 15.8 Å². The second-order valence-corrected chi connectivity index (χ2v) is 5.56. The predicted molar refractivity (Wildman–Crippen MR) is 102 cm³/mol. The molecule has 10 heteroatoms. The second-order valence-electron chi connectivity index (χ2n) is 5.15. The third-order valence-electron chi connectivity index (χ3n) is 3.44. The Bertz CT molecular complexity index is 872. The molecule has 0 heterocycles. The van der Waals surface area contributed by atoms with E-state index in [9.17, 15) is 14.9 Å². The number of nitrogens with zero attached hydrogens (tertiary/aromatic N) is 2. The fourth-order valence-electron chi connectivity index (χ4n) is 2.14. The summed E-state index contributed by atoms with van der Waals surface area (Å²) in [6.45, 7) is -0.0743. The highest BCUT2D eigenvalue weighted by Crippen LogP contribution is 2.33. The maximum Gasteiger partial charge on any atom is 0.282 e. The smallest absolute Gasteiger partial charge is 0.282 e. The fourth-order valence-corrected chi connectivity index (χ4v) is 2.34. The average molecular weight is 393 g/mol. The lowest BCUT2D eigenvalue weighted by Crippen LogP contribution is -2.26. The molecule has 0 aliphatic rings. The highest BCUT2D eigenvalue weighted by molar-refractivity contribution is 6.33. The number of amides is 1. The monoisotopic (exact) mass is 392 g/mol. The number of rotatable bonds is 8. The number of para-hydroxylation sites is 1. The molecular weight excluding hydrogens is 376 g/mol. The van der Waals surface area contributed by atoms with E-state index in [-0.39, 0.29) is 23.5 Å². The van der Waals surface area contributed by atoms with Gasteiger partial charge in [-0.25, -0.2) is 5.43 Å². The van der Waals surface area contributed by atoms with Crippen LogP contribution < -0.4 is 20.2 Å². The van der Waals surface area contributed by atoms with Gasteiger partial charge in [-0.2, -0.15) is 5.10 Å². The number of halogens is 1. The Morgan fingerprint density at radius 3 is 2.56 bits per heavy atom. The Balaban J connectivity index is 2.05. The molecule has 0 unspecified atom stereocenters. The molecule has 0 aliphatic heterocycles. The maximum atomic E-state index is 11.9. The van der Waals surface area contributed by atoms with Gasteiger partial charge in [0.2, 0.25) is 0 Å². The molecule has 0 aromatic heterocycles. The topological polar surface area (TPSA) is 115 Å². The minimum Gasteiger partial charge on any atom is -0.493 e. The van der Waals surface area contributed by atoms with Crippen molar-refractivity contribution in [3.63, 3.8) is 0 Å². The molecule has 0 spiro atoms. The molecule has 0 saturated carbocycles. The van der Waals surface area contributed by atoms with Crippen LogP contribution >= 0.6 is 11.6 Å². The molecule has 2 rings (SSSR count). The number of hydrogen-bond donors (Lipinski definition) is 2. The summed E-state index contributed by atoms with van der Waals surface area (Å²) in [5.41, 5.74) is 2.80. The Labute approximate surface area is 160 Å². The van der Waals surface area contributed by atoms with Gasteiger partial charge in [0.15, 0.2) is 11.5 Å². The summed E-state index contributed by atoms with van der Waals surface area (Å²) in [6, 6.07) is 9.59. The number of methoxy groups -OCH3 is 2. The number of nitro groups is 1. The van der Waals surface area contributed by atoms with Crippen LogP contribution in [0.5, 0.6) is 11.5 Å². The zero-order chi connectivity index (χ0) is 19.8. The van der Waals surface area contributed by atoms with E-state index < -0.39 is 10.8 Å². The van der Waals surface area contributed by atoms with Crippen molar-refractivity contribution in [3.05, 3.63) is 57.1 Å². The van der Waals surface area contributed by atoms with Crippen molar-refractivity contribution < 1.29 is 19.2 Å². The first-order valence-electron chi connectivity index (χ1n) is 7.67. The average Bonchev–Trinajstić information content (AvgIpc) is 2.66. The third kappa shape index (κ3) is 5.32. The van der Waals surface area contributed by atoms with Crippen LogP contribution in [-0.2, 0) is 4.79 Å². The Kier molecular flexibility index (Phi) is 6.95. The van der Waals surface area contributed by atoms with Gasteiger partial charge in [0.05, 0.1) is 54.2 Å². The lowest BCUT2D eigenvalue weighted by atomic mass is 10.1. The van der Waals surface area contributed by atoms with Gasteiger partial charge in [-0.15, -0.1) is 0 Å². The number of ether oxygens (including phenoxy) is 2. The number of anilines is 1. The third-order valence-corrected chi connectivity index (χ3v) is 3.77. The zero-order valence-electron chi connectivity index (χ0n) is 14.6. The highest BCUT2D eigenvalue weighted by atomic mass is 35.5. The van der Waals surface area contributed by atoms with Crippen LogP contribution in [0.15, 0.2) is 41.5 Å². The van der Waals surface area contributed by atoms with Crippen LogP contribution in [0.3, 0.4) is 0 Å². The normalized spacial score (nSPS) is 10.5. The Hall–Kier alpha value is -3.33. The van der Waals surface area contributed by atoms with E-state index in [0.29, 0.717) is 16.5 Å². The molecule has 0 saturated heterocycles. The van der Waals surface area contributed by atoms with Crippen molar-refractivity contribution in [2.75, 3.05) is 26.1 Å². The number of nitrogens with one attached hydrogen (secondary N) is 2. The van der Waals surface area contributed by atoms with Gasteiger partial charge >= 0.3 is 0 Å². The number of hydrazone groups is 1. The first kappa shape index (κ1) is 20.0. The summed E-state index contributed by atoms with van der Waals surface area (Å²) in [4.78, 5) is 22.5. The number of carbonyl (C=O) groups is 1. The first-order valence-corrected chi connectivity index (χ1v) is 8.04. The summed E-state index contributed by atoms with van der Waals surface area (Å²) >= 11 is 5.98. The summed E-state index contributed by atoms with van der Waals surface area (Å²) in [7, 11) is 2.79. The quantitative estimate of drug-likeness (QED) is 0.405. The first-order chi connectivity index (χ1) is 13.0. The van der Waals surface area contributed by atoms with Crippen LogP contribution in [0.1, 0.15) is 5.56 Å². The zero-order valence-corrected chi connectivity index (χ0v) is 15.3. The summed E-state index contributed by atoms with van der Waals surface area (Å²) < 4.78 is 10.2. The summed E-state index contributed by atoms with van der Waals surface area (Å²) in [5, 5.41) is 18.3.